The first-order valence-electron chi connectivity index (χ1n) is 6.01. The van der Waals surface area contributed by atoms with Gasteiger partial charge in [0.2, 0.25) is 0 Å². The summed E-state index contributed by atoms with van der Waals surface area (Å²) >= 11 is 0. The first-order valence-corrected chi connectivity index (χ1v) is 6.01. The van der Waals surface area contributed by atoms with Crippen molar-refractivity contribution in [1.29, 1.82) is 0 Å². The molecule has 1 amide bonds. The maximum atomic E-state index is 12.9. The number of benzene rings is 1. The van der Waals surface area contributed by atoms with Gasteiger partial charge in [-0.15, -0.1) is 0 Å². The lowest BCUT2D eigenvalue weighted by Gasteiger charge is -2.19. The summed E-state index contributed by atoms with van der Waals surface area (Å²) < 4.78 is 38.6. The van der Waals surface area contributed by atoms with E-state index >= 15 is 0 Å². The first-order chi connectivity index (χ1) is 8.80. The minimum Gasteiger partial charge on any atom is -0.337 e. The van der Waals surface area contributed by atoms with Crippen molar-refractivity contribution >= 4 is 5.91 Å². The van der Waals surface area contributed by atoms with E-state index in [-0.39, 0.29) is 17.5 Å². The Labute approximate surface area is 109 Å². The molecule has 2 atom stereocenters. The van der Waals surface area contributed by atoms with E-state index in [1.807, 2.05) is 6.92 Å². The van der Waals surface area contributed by atoms with E-state index in [1.54, 1.807) is 0 Å². The van der Waals surface area contributed by atoms with E-state index in [4.69, 9.17) is 5.73 Å². The number of nitrogens with zero attached hydrogens (tertiary/aromatic N) is 1. The fraction of sp³-hybridized carbons (Fsp3) is 0.462. The molecule has 2 N–H and O–H groups in total. The number of nitrogens with two attached hydrogens (primary N) is 1. The predicted molar refractivity (Wildman–Crippen MR) is 64.5 cm³/mol. The number of carbonyl (C=O) groups excluding carboxylic acids is 1. The molecule has 3 nitrogen and oxygen atoms in total. The van der Waals surface area contributed by atoms with Gasteiger partial charge in [0, 0.05) is 19.1 Å². The zero-order valence-corrected chi connectivity index (χ0v) is 10.4. The van der Waals surface area contributed by atoms with Crippen molar-refractivity contribution in [3.63, 3.8) is 0 Å². The van der Waals surface area contributed by atoms with Gasteiger partial charge in [0.25, 0.3) is 5.91 Å². The number of halogens is 3. The van der Waals surface area contributed by atoms with Crippen molar-refractivity contribution in [1.82, 2.24) is 4.90 Å². The van der Waals surface area contributed by atoms with Gasteiger partial charge in [0.05, 0.1) is 11.1 Å². The Hall–Kier alpha value is -1.56. The monoisotopic (exact) mass is 272 g/mol. The molecule has 1 aromatic carbocycles. The molecule has 1 aliphatic heterocycles. The molecular formula is C13H15F3N2O. The Morgan fingerprint density at radius 1 is 1.32 bits per heavy atom. The van der Waals surface area contributed by atoms with Gasteiger partial charge in [-0.05, 0) is 18.1 Å². The highest BCUT2D eigenvalue weighted by Gasteiger charge is 2.37. The maximum absolute atomic E-state index is 12.9. The van der Waals surface area contributed by atoms with Crippen LogP contribution >= 0.6 is 0 Å². The lowest BCUT2D eigenvalue weighted by Crippen LogP contribution is -2.33. The van der Waals surface area contributed by atoms with Crippen molar-refractivity contribution in [2.24, 2.45) is 11.7 Å². The second-order valence-electron chi connectivity index (χ2n) is 4.89. The Balaban J connectivity index is 2.30. The highest BCUT2D eigenvalue weighted by atomic mass is 19.4. The highest BCUT2D eigenvalue weighted by molar-refractivity contribution is 5.96. The molecule has 0 aliphatic carbocycles. The molecule has 0 spiro atoms. The number of hydrogen-bond acceptors (Lipinski definition) is 2. The van der Waals surface area contributed by atoms with Gasteiger partial charge in [0.15, 0.2) is 0 Å². The average Bonchev–Trinajstić information content (AvgIpc) is 2.68. The summed E-state index contributed by atoms with van der Waals surface area (Å²) in [7, 11) is 0. The first kappa shape index (κ1) is 13.9. The van der Waals surface area contributed by atoms with Gasteiger partial charge < -0.3 is 10.6 Å². The van der Waals surface area contributed by atoms with Crippen molar-refractivity contribution in [2.45, 2.75) is 19.1 Å². The molecule has 19 heavy (non-hydrogen) atoms. The highest BCUT2D eigenvalue weighted by Crippen LogP contribution is 2.32. The van der Waals surface area contributed by atoms with Gasteiger partial charge in [-0.3, -0.25) is 4.79 Å². The van der Waals surface area contributed by atoms with Crippen LogP contribution in [0.1, 0.15) is 22.8 Å². The van der Waals surface area contributed by atoms with E-state index in [1.165, 1.54) is 23.1 Å². The second kappa shape index (κ2) is 4.85. The number of amides is 1. The van der Waals surface area contributed by atoms with Crippen LogP contribution in [0.15, 0.2) is 24.3 Å². The van der Waals surface area contributed by atoms with Gasteiger partial charge in [-0.2, -0.15) is 13.2 Å². The second-order valence-corrected chi connectivity index (χ2v) is 4.89. The molecule has 0 bridgehead atoms. The van der Waals surface area contributed by atoms with Crippen LogP contribution in [0, 0.1) is 5.92 Å². The lowest BCUT2D eigenvalue weighted by atomic mass is 10.1. The van der Waals surface area contributed by atoms with Crippen molar-refractivity contribution in [3.05, 3.63) is 35.4 Å². The van der Waals surface area contributed by atoms with E-state index < -0.39 is 17.6 Å². The molecule has 0 radical (unpaired) electrons. The fourth-order valence-corrected chi connectivity index (χ4v) is 2.24. The number of hydrogen-bond donors (Lipinski definition) is 1. The minimum absolute atomic E-state index is 0.0991. The summed E-state index contributed by atoms with van der Waals surface area (Å²) in [6.45, 7) is 2.58. The molecule has 2 rings (SSSR count). The molecular weight excluding hydrogens is 257 g/mol. The summed E-state index contributed by atoms with van der Waals surface area (Å²) in [6, 6.07) is 4.66. The fourth-order valence-electron chi connectivity index (χ4n) is 2.24. The summed E-state index contributed by atoms with van der Waals surface area (Å²) in [4.78, 5) is 13.6. The average molecular weight is 272 g/mol. The molecule has 104 valence electrons. The summed E-state index contributed by atoms with van der Waals surface area (Å²) in [5.74, 6) is -0.505. The smallest absolute Gasteiger partial charge is 0.337 e. The molecule has 0 saturated carbocycles. The van der Waals surface area contributed by atoms with E-state index in [0.717, 1.165) is 6.07 Å². The normalized spacial score (nSPS) is 23.7. The Morgan fingerprint density at radius 2 is 1.95 bits per heavy atom. The van der Waals surface area contributed by atoms with Crippen molar-refractivity contribution in [3.8, 4) is 0 Å². The lowest BCUT2D eigenvalue weighted by molar-refractivity contribution is -0.138. The number of alkyl halides is 3. The van der Waals surface area contributed by atoms with Crippen molar-refractivity contribution < 1.29 is 18.0 Å². The van der Waals surface area contributed by atoms with Crippen LogP contribution in [-0.2, 0) is 6.18 Å². The Kier molecular flexibility index (Phi) is 3.54. The zero-order chi connectivity index (χ0) is 14.2. The topological polar surface area (TPSA) is 46.3 Å². The number of likely N-dealkylation sites (tertiary alicyclic amines) is 1. The van der Waals surface area contributed by atoms with Crippen LogP contribution < -0.4 is 5.73 Å². The predicted octanol–water partition coefficient (Wildman–Crippen LogP) is 2.12. The molecule has 0 aromatic heterocycles. The summed E-state index contributed by atoms with van der Waals surface area (Å²) in [6.07, 6.45) is -4.53. The van der Waals surface area contributed by atoms with E-state index in [0.29, 0.717) is 13.1 Å². The van der Waals surface area contributed by atoms with Gasteiger partial charge in [0.1, 0.15) is 0 Å². The largest absolute Gasteiger partial charge is 0.417 e. The third kappa shape index (κ3) is 2.73. The quantitative estimate of drug-likeness (QED) is 0.851. The van der Waals surface area contributed by atoms with Crippen LogP contribution in [0.2, 0.25) is 0 Å². The molecule has 1 aliphatic rings. The third-order valence-electron chi connectivity index (χ3n) is 3.42. The van der Waals surface area contributed by atoms with Crippen LogP contribution in [0.3, 0.4) is 0 Å². The van der Waals surface area contributed by atoms with Gasteiger partial charge in [-0.25, -0.2) is 0 Å². The molecule has 2 unspecified atom stereocenters. The third-order valence-corrected chi connectivity index (χ3v) is 3.42. The standard InChI is InChI=1S/C13H15F3N2O/c1-8-6-18(7-11(8)17)12(19)9-4-2-3-5-10(9)13(14,15)16/h2-5,8,11H,6-7,17H2,1H3. The van der Waals surface area contributed by atoms with Crippen molar-refractivity contribution in [2.75, 3.05) is 13.1 Å². The number of carbonyl (C=O) groups is 1. The molecule has 1 saturated heterocycles. The van der Waals surface area contributed by atoms with Gasteiger partial charge in [-0.1, -0.05) is 19.1 Å². The van der Waals surface area contributed by atoms with Crippen LogP contribution in [0.5, 0.6) is 0 Å². The Bertz CT molecular complexity index is 477. The Morgan fingerprint density at radius 3 is 2.47 bits per heavy atom. The molecule has 6 heteroatoms. The molecule has 1 aromatic rings. The maximum Gasteiger partial charge on any atom is 0.417 e. The number of rotatable bonds is 1. The SMILES string of the molecule is CC1CN(C(=O)c2ccccc2C(F)(F)F)CC1N. The van der Waals surface area contributed by atoms with E-state index in [2.05, 4.69) is 0 Å². The zero-order valence-electron chi connectivity index (χ0n) is 10.4. The van der Waals surface area contributed by atoms with Crippen LogP contribution in [0.25, 0.3) is 0 Å². The van der Waals surface area contributed by atoms with Gasteiger partial charge >= 0.3 is 6.18 Å². The minimum atomic E-state index is -4.53. The van der Waals surface area contributed by atoms with Crippen LogP contribution in [0.4, 0.5) is 13.2 Å². The van der Waals surface area contributed by atoms with E-state index in [9.17, 15) is 18.0 Å². The molecule has 1 fully saturated rings. The summed E-state index contributed by atoms with van der Waals surface area (Å²) in [5.41, 5.74) is 4.59. The van der Waals surface area contributed by atoms with Crippen LogP contribution in [-0.4, -0.2) is 29.9 Å². The molecule has 1 heterocycles. The summed E-state index contributed by atoms with van der Waals surface area (Å²) in [5, 5.41) is 0.